The number of carboxylic acid groups (broad SMARTS) is 1. The zero-order chi connectivity index (χ0) is 13.3. The Balaban J connectivity index is 1.87. The molecule has 5 heteroatoms. The highest BCUT2D eigenvalue weighted by atomic mass is 19.1. The van der Waals surface area contributed by atoms with E-state index in [9.17, 15) is 14.0 Å². The summed E-state index contributed by atoms with van der Waals surface area (Å²) in [4.78, 5) is 22.2. The molecule has 0 unspecified atom stereocenters. The van der Waals surface area contributed by atoms with Crippen LogP contribution in [0, 0.1) is 24.6 Å². The third-order valence-electron chi connectivity index (χ3n) is 3.13. The molecule has 1 aliphatic carbocycles. The van der Waals surface area contributed by atoms with Gasteiger partial charge in [0.05, 0.1) is 11.8 Å². The Hall–Kier alpha value is -1.91. The van der Waals surface area contributed by atoms with Crippen LogP contribution in [0.25, 0.3) is 0 Å². The predicted octanol–water partition coefficient (Wildman–Crippen LogP) is 1.47. The van der Waals surface area contributed by atoms with Crippen LogP contribution in [0.5, 0.6) is 0 Å². The van der Waals surface area contributed by atoms with E-state index in [-0.39, 0.29) is 11.7 Å². The van der Waals surface area contributed by atoms with Crippen molar-refractivity contribution in [2.45, 2.75) is 19.9 Å². The van der Waals surface area contributed by atoms with Crippen molar-refractivity contribution in [1.82, 2.24) is 5.32 Å². The van der Waals surface area contributed by atoms with E-state index in [4.69, 9.17) is 5.11 Å². The van der Waals surface area contributed by atoms with E-state index < -0.39 is 17.8 Å². The second kappa shape index (κ2) is 4.76. The fraction of sp³-hybridized carbons (Fsp3) is 0.385. The van der Waals surface area contributed by atoms with Gasteiger partial charge < -0.3 is 10.4 Å². The van der Waals surface area contributed by atoms with Crippen molar-refractivity contribution in [3.63, 3.8) is 0 Å². The lowest BCUT2D eigenvalue weighted by molar-refractivity contribution is -0.140. The number of nitrogens with one attached hydrogen (secondary N) is 1. The Morgan fingerprint density at radius 2 is 2.17 bits per heavy atom. The molecule has 2 rings (SSSR count). The number of benzene rings is 1. The molecule has 0 aromatic heterocycles. The van der Waals surface area contributed by atoms with Crippen molar-refractivity contribution < 1.29 is 19.1 Å². The maximum Gasteiger partial charge on any atom is 0.307 e. The van der Waals surface area contributed by atoms with Crippen LogP contribution in [0.4, 0.5) is 4.39 Å². The summed E-state index contributed by atoms with van der Waals surface area (Å²) >= 11 is 0. The van der Waals surface area contributed by atoms with Gasteiger partial charge in [0.2, 0.25) is 5.91 Å². The van der Waals surface area contributed by atoms with Crippen molar-refractivity contribution >= 4 is 11.9 Å². The van der Waals surface area contributed by atoms with Crippen LogP contribution in [0.15, 0.2) is 18.2 Å². The van der Waals surface area contributed by atoms with Crippen LogP contribution >= 0.6 is 0 Å². The van der Waals surface area contributed by atoms with Gasteiger partial charge in [0.25, 0.3) is 0 Å². The Labute approximate surface area is 104 Å². The fourth-order valence-corrected chi connectivity index (χ4v) is 1.89. The zero-order valence-corrected chi connectivity index (χ0v) is 9.94. The van der Waals surface area contributed by atoms with Crippen LogP contribution in [-0.4, -0.2) is 17.0 Å². The normalized spacial score (nSPS) is 21.4. The number of halogens is 1. The zero-order valence-electron chi connectivity index (χ0n) is 9.94. The Bertz CT molecular complexity index is 501. The Morgan fingerprint density at radius 1 is 1.44 bits per heavy atom. The molecule has 18 heavy (non-hydrogen) atoms. The molecule has 0 radical (unpaired) electrons. The minimum absolute atomic E-state index is 0.246. The first kappa shape index (κ1) is 12.5. The number of rotatable bonds is 4. The van der Waals surface area contributed by atoms with Gasteiger partial charge in [-0.2, -0.15) is 0 Å². The smallest absolute Gasteiger partial charge is 0.307 e. The maximum atomic E-state index is 13.0. The van der Waals surface area contributed by atoms with E-state index in [0.29, 0.717) is 18.5 Å². The second-order valence-corrected chi connectivity index (χ2v) is 4.59. The summed E-state index contributed by atoms with van der Waals surface area (Å²) in [7, 11) is 0. The molecule has 96 valence electrons. The quantitative estimate of drug-likeness (QED) is 0.851. The first-order chi connectivity index (χ1) is 8.49. The summed E-state index contributed by atoms with van der Waals surface area (Å²) < 4.78 is 13.0. The minimum atomic E-state index is -0.923. The number of carbonyl (C=O) groups is 2. The number of hydrogen-bond acceptors (Lipinski definition) is 2. The monoisotopic (exact) mass is 251 g/mol. The standard InChI is InChI=1S/C13H14FNO3/c1-7-4-8(2-3-11(7)14)6-15-12(16)9-5-10(9)13(17)18/h2-4,9-10H,5-6H2,1H3,(H,15,16)(H,17,18)/t9-,10-/m0/s1. The van der Waals surface area contributed by atoms with Gasteiger partial charge in [-0.3, -0.25) is 9.59 Å². The van der Waals surface area contributed by atoms with Gasteiger partial charge in [0.1, 0.15) is 5.82 Å². The molecule has 2 atom stereocenters. The molecule has 1 aromatic rings. The van der Waals surface area contributed by atoms with Gasteiger partial charge >= 0.3 is 5.97 Å². The van der Waals surface area contributed by atoms with Crippen LogP contribution in [0.1, 0.15) is 17.5 Å². The molecule has 1 fully saturated rings. The van der Waals surface area contributed by atoms with Gasteiger partial charge in [-0.15, -0.1) is 0 Å². The Morgan fingerprint density at radius 3 is 2.72 bits per heavy atom. The highest BCUT2D eigenvalue weighted by Crippen LogP contribution is 2.38. The first-order valence-electron chi connectivity index (χ1n) is 5.74. The molecule has 4 nitrogen and oxygen atoms in total. The van der Waals surface area contributed by atoms with Crippen LogP contribution in [-0.2, 0) is 16.1 Å². The lowest BCUT2D eigenvalue weighted by atomic mass is 10.1. The van der Waals surface area contributed by atoms with Crippen molar-refractivity contribution in [1.29, 1.82) is 0 Å². The van der Waals surface area contributed by atoms with Gasteiger partial charge in [0.15, 0.2) is 0 Å². The molecule has 1 aliphatic rings. The summed E-state index contributed by atoms with van der Waals surface area (Å²) in [5.74, 6) is -2.40. The molecular formula is C13H14FNO3. The Kier molecular flexibility index (Phi) is 3.32. The summed E-state index contributed by atoms with van der Waals surface area (Å²) in [5, 5.41) is 11.4. The average molecular weight is 251 g/mol. The lowest BCUT2D eigenvalue weighted by Crippen LogP contribution is -2.25. The van der Waals surface area contributed by atoms with Crippen molar-refractivity contribution in [3.05, 3.63) is 35.1 Å². The topological polar surface area (TPSA) is 66.4 Å². The van der Waals surface area contributed by atoms with Crippen molar-refractivity contribution in [3.8, 4) is 0 Å². The lowest BCUT2D eigenvalue weighted by Gasteiger charge is -2.06. The molecule has 0 heterocycles. The number of amides is 1. The van der Waals surface area contributed by atoms with Crippen LogP contribution in [0.2, 0.25) is 0 Å². The van der Waals surface area contributed by atoms with Crippen molar-refractivity contribution in [2.75, 3.05) is 0 Å². The summed E-state index contributed by atoms with van der Waals surface area (Å²) in [5.41, 5.74) is 1.33. The van der Waals surface area contributed by atoms with Gasteiger partial charge in [-0.05, 0) is 30.5 Å². The van der Waals surface area contributed by atoms with Crippen molar-refractivity contribution in [2.24, 2.45) is 11.8 Å². The highest BCUT2D eigenvalue weighted by molar-refractivity contribution is 5.89. The molecule has 1 saturated carbocycles. The molecule has 0 saturated heterocycles. The minimum Gasteiger partial charge on any atom is -0.481 e. The molecule has 0 spiro atoms. The largest absolute Gasteiger partial charge is 0.481 e. The molecule has 1 amide bonds. The molecule has 1 aromatic carbocycles. The molecular weight excluding hydrogens is 237 g/mol. The van der Waals surface area contributed by atoms with E-state index in [1.807, 2.05) is 0 Å². The summed E-state index contributed by atoms with van der Waals surface area (Å²) in [6.45, 7) is 1.95. The third-order valence-corrected chi connectivity index (χ3v) is 3.13. The number of aryl methyl sites for hydroxylation is 1. The first-order valence-corrected chi connectivity index (χ1v) is 5.74. The van der Waals surface area contributed by atoms with Crippen LogP contribution < -0.4 is 5.32 Å². The highest BCUT2D eigenvalue weighted by Gasteiger charge is 2.48. The van der Waals surface area contributed by atoms with E-state index >= 15 is 0 Å². The fourth-order valence-electron chi connectivity index (χ4n) is 1.89. The number of carboxylic acids is 1. The third kappa shape index (κ3) is 2.67. The van der Waals surface area contributed by atoms with E-state index in [0.717, 1.165) is 5.56 Å². The number of carbonyl (C=O) groups excluding carboxylic acids is 1. The SMILES string of the molecule is Cc1cc(CNC(=O)[C@H]2C[C@@H]2C(=O)O)ccc1F. The number of aliphatic carboxylic acids is 1. The summed E-state index contributed by atoms with van der Waals surface area (Å²) in [6.07, 6.45) is 0.406. The second-order valence-electron chi connectivity index (χ2n) is 4.59. The van der Waals surface area contributed by atoms with E-state index in [1.165, 1.54) is 6.07 Å². The molecule has 0 bridgehead atoms. The summed E-state index contributed by atoms with van der Waals surface area (Å²) in [6, 6.07) is 4.62. The number of hydrogen-bond donors (Lipinski definition) is 2. The predicted molar refractivity (Wildman–Crippen MR) is 62.2 cm³/mol. The van der Waals surface area contributed by atoms with Gasteiger partial charge in [-0.1, -0.05) is 12.1 Å². The van der Waals surface area contributed by atoms with E-state index in [1.54, 1.807) is 19.1 Å². The van der Waals surface area contributed by atoms with Gasteiger partial charge in [-0.25, -0.2) is 4.39 Å². The van der Waals surface area contributed by atoms with Gasteiger partial charge in [0, 0.05) is 6.54 Å². The van der Waals surface area contributed by atoms with E-state index in [2.05, 4.69) is 5.32 Å². The van der Waals surface area contributed by atoms with Crippen LogP contribution in [0.3, 0.4) is 0 Å². The molecule has 0 aliphatic heterocycles. The maximum absolute atomic E-state index is 13.0. The molecule has 2 N–H and O–H groups in total. The average Bonchev–Trinajstić information content (AvgIpc) is 3.10.